The van der Waals surface area contributed by atoms with E-state index in [-0.39, 0.29) is 5.91 Å². The topological polar surface area (TPSA) is 34.0 Å². The summed E-state index contributed by atoms with van der Waals surface area (Å²) in [5, 5.41) is 3.14. The first kappa shape index (κ1) is 17.0. The van der Waals surface area contributed by atoms with E-state index in [2.05, 4.69) is 44.3 Å². The Morgan fingerprint density at radius 2 is 1.60 bits per heavy atom. The van der Waals surface area contributed by atoms with E-state index in [0.29, 0.717) is 5.56 Å². The van der Waals surface area contributed by atoms with Crippen molar-refractivity contribution in [1.82, 2.24) is 4.57 Å². The van der Waals surface area contributed by atoms with E-state index in [1.54, 1.807) is 0 Å². The molecule has 128 valence electrons. The molecule has 0 aliphatic carbocycles. The predicted molar refractivity (Wildman–Crippen MR) is 104 cm³/mol. The van der Waals surface area contributed by atoms with Crippen molar-refractivity contribution in [2.45, 2.75) is 33.6 Å². The van der Waals surface area contributed by atoms with Crippen molar-refractivity contribution in [2.75, 3.05) is 5.32 Å². The molecule has 0 fully saturated rings. The van der Waals surface area contributed by atoms with Crippen LogP contribution in [0.4, 0.5) is 5.69 Å². The Morgan fingerprint density at radius 3 is 2.20 bits per heavy atom. The molecule has 0 saturated heterocycles. The highest BCUT2D eigenvalue weighted by atomic mass is 16.1. The lowest BCUT2D eigenvalue weighted by Gasteiger charge is -2.15. The van der Waals surface area contributed by atoms with Crippen molar-refractivity contribution in [1.29, 1.82) is 0 Å². The lowest BCUT2D eigenvalue weighted by Crippen LogP contribution is -2.15. The molecule has 0 aliphatic heterocycles. The molecule has 3 heteroatoms. The first-order chi connectivity index (χ1) is 12.1. The maximum Gasteiger partial charge on any atom is 0.255 e. The second-order valence-electron chi connectivity index (χ2n) is 6.20. The standard InChI is InChI=1S/C22H24N2O/c1-4-17-9-8-10-18(5-2)21(17)23-22(25)19-12-11-16(3)20(15-19)24-13-6-7-14-24/h6-15H,4-5H2,1-3H3,(H,23,25). The molecule has 1 aromatic heterocycles. The van der Waals surface area contributed by atoms with Crippen LogP contribution in [0.1, 0.15) is 40.9 Å². The van der Waals surface area contributed by atoms with Crippen molar-refractivity contribution in [3.8, 4) is 5.69 Å². The monoisotopic (exact) mass is 332 g/mol. The average molecular weight is 332 g/mol. The molecule has 1 amide bonds. The van der Waals surface area contributed by atoms with Crippen molar-refractivity contribution in [3.63, 3.8) is 0 Å². The van der Waals surface area contributed by atoms with Crippen LogP contribution >= 0.6 is 0 Å². The number of anilines is 1. The molecule has 1 N–H and O–H groups in total. The molecular formula is C22H24N2O. The van der Waals surface area contributed by atoms with Gasteiger partial charge in [-0.25, -0.2) is 0 Å². The Labute approximate surface area is 149 Å². The molecule has 3 nitrogen and oxygen atoms in total. The van der Waals surface area contributed by atoms with Crippen LogP contribution < -0.4 is 5.32 Å². The van der Waals surface area contributed by atoms with Crippen LogP contribution in [0, 0.1) is 6.92 Å². The zero-order chi connectivity index (χ0) is 17.8. The zero-order valence-electron chi connectivity index (χ0n) is 15.0. The van der Waals surface area contributed by atoms with E-state index < -0.39 is 0 Å². The summed E-state index contributed by atoms with van der Waals surface area (Å²) in [6, 6.07) is 16.0. The maximum atomic E-state index is 12.9. The molecule has 25 heavy (non-hydrogen) atoms. The van der Waals surface area contributed by atoms with Crippen LogP contribution in [0.25, 0.3) is 5.69 Å². The Balaban J connectivity index is 1.94. The number of aromatic nitrogens is 1. The third-order valence-corrected chi connectivity index (χ3v) is 4.59. The predicted octanol–water partition coefficient (Wildman–Crippen LogP) is 5.16. The minimum Gasteiger partial charge on any atom is -0.324 e. The van der Waals surface area contributed by atoms with Gasteiger partial charge >= 0.3 is 0 Å². The lowest BCUT2D eigenvalue weighted by molar-refractivity contribution is 0.102. The quantitative estimate of drug-likeness (QED) is 0.688. The van der Waals surface area contributed by atoms with E-state index in [1.807, 2.05) is 47.3 Å². The molecule has 3 aromatic rings. The number of rotatable bonds is 5. The highest BCUT2D eigenvalue weighted by Crippen LogP contribution is 2.24. The number of hydrogen-bond donors (Lipinski definition) is 1. The zero-order valence-corrected chi connectivity index (χ0v) is 15.0. The fraction of sp³-hybridized carbons (Fsp3) is 0.227. The fourth-order valence-electron chi connectivity index (χ4n) is 3.11. The van der Waals surface area contributed by atoms with Gasteiger partial charge in [-0.3, -0.25) is 4.79 Å². The van der Waals surface area contributed by atoms with Crippen LogP contribution in [-0.4, -0.2) is 10.5 Å². The SMILES string of the molecule is CCc1cccc(CC)c1NC(=O)c1ccc(C)c(-n2cccc2)c1. The highest BCUT2D eigenvalue weighted by Gasteiger charge is 2.13. The molecular weight excluding hydrogens is 308 g/mol. The van der Waals surface area contributed by atoms with E-state index in [4.69, 9.17) is 0 Å². The summed E-state index contributed by atoms with van der Waals surface area (Å²) >= 11 is 0. The van der Waals surface area contributed by atoms with Gasteiger partial charge in [-0.05, 0) is 60.7 Å². The lowest BCUT2D eigenvalue weighted by atomic mass is 10.0. The minimum atomic E-state index is -0.0657. The fourth-order valence-corrected chi connectivity index (χ4v) is 3.11. The summed E-state index contributed by atoms with van der Waals surface area (Å²) in [6.07, 6.45) is 5.77. The average Bonchev–Trinajstić information content (AvgIpc) is 3.16. The molecule has 1 heterocycles. The third kappa shape index (κ3) is 3.50. The van der Waals surface area contributed by atoms with E-state index >= 15 is 0 Å². The van der Waals surface area contributed by atoms with Gasteiger partial charge in [0.15, 0.2) is 0 Å². The second-order valence-corrected chi connectivity index (χ2v) is 6.20. The van der Waals surface area contributed by atoms with E-state index in [0.717, 1.165) is 29.8 Å². The van der Waals surface area contributed by atoms with E-state index in [1.165, 1.54) is 11.1 Å². The van der Waals surface area contributed by atoms with Crippen LogP contribution in [0.5, 0.6) is 0 Å². The van der Waals surface area contributed by atoms with Gasteiger partial charge in [0.2, 0.25) is 0 Å². The first-order valence-electron chi connectivity index (χ1n) is 8.80. The molecule has 0 spiro atoms. The largest absolute Gasteiger partial charge is 0.324 e. The molecule has 0 bridgehead atoms. The number of nitrogens with zero attached hydrogens (tertiary/aromatic N) is 1. The van der Waals surface area contributed by atoms with Gasteiger partial charge in [0, 0.05) is 29.3 Å². The Bertz CT molecular complexity index is 857. The van der Waals surface area contributed by atoms with Crippen LogP contribution in [-0.2, 0) is 12.8 Å². The number of carbonyl (C=O) groups excluding carboxylic acids is 1. The normalized spacial score (nSPS) is 10.7. The number of para-hydroxylation sites is 1. The number of benzene rings is 2. The van der Waals surface area contributed by atoms with Crippen molar-refractivity contribution >= 4 is 11.6 Å². The molecule has 0 unspecified atom stereocenters. The summed E-state index contributed by atoms with van der Waals surface area (Å²) in [5.74, 6) is -0.0657. The highest BCUT2D eigenvalue weighted by molar-refractivity contribution is 6.05. The first-order valence-corrected chi connectivity index (χ1v) is 8.80. The summed E-state index contributed by atoms with van der Waals surface area (Å²) in [4.78, 5) is 12.9. The number of amides is 1. The summed E-state index contributed by atoms with van der Waals surface area (Å²) < 4.78 is 2.03. The summed E-state index contributed by atoms with van der Waals surface area (Å²) in [7, 11) is 0. The van der Waals surface area contributed by atoms with Gasteiger partial charge < -0.3 is 9.88 Å². The maximum absolute atomic E-state index is 12.9. The van der Waals surface area contributed by atoms with Crippen molar-refractivity contribution < 1.29 is 4.79 Å². The molecule has 2 aromatic carbocycles. The number of nitrogens with one attached hydrogen (secondary N) is 1. The second kappa shape index (κ2) is 7.39. The molecule has 0 radical (unpaired) electrons. The molecule has 0 atom stereocenters. The number of aryl methyl sites for hydroxylation is 3. The van der Waals surface area contributed by atoms with Crippen LogP contribution in [0.2, 0.25) is 0 Å². The summed E-state index contributed by atoms with van der Waals surface area (Å²) in [6.45, 7) is 6.28. The van der Waals surface area contributed by atoms with Gasteiger partial charge in [-0.2, -0.15) is 0 Å². The van der Waals surface area contributed by atoms with Crippen molar-refractivity contribution in [2.24, 2.45) is 0 Å². The molecule has 0 saturated carbocycles. The third-order valence-electron chi connectivity index (χ3n) is 4.59. The molecule has 3 rings (SSSR count). The Hall–Kier alpha value is -2.81. The van der Waals surface area contributed by atoms with Crippen LogP contribution in [0.3, 0.4) is 0 Å². The number of carbonyl (C=O) groups is 1. The van der Waals surface area contributed by atoms with Gasteiger partial charge in [0.25, 0.3) is 5.91 Å². The van der Waals surface area contributed by atoms with E-state index in [9.17, 15) is 4.79 Å². The number of hydrogen-bond acceptors (Lipinski definition) is 1. The van der Waals surface area contributed by atoms with Crippen LogP contribution in [0.15, 0.2) is 60.9 Å². The van der Waals surface area contributed by atoms with Gasteiger partial charge in [-0.15, -0.1) is 0 Å². The van der Waals surface area contributed by atoms with Gasteiger partial charge in [-0.1, -0.05) is 38.1 Å². The Kier molecular flexibility index (Phi) is 5.03. The minimum absolute atomic E-state index is 0.0657. The summed E-state index contributed by atoms with van der Waals surface area (Å²) in [5.41, 5.74) is 6.13. The van der Waals surface area contributed by atoms with Gasteiger partial charge in [0.1, 0.15) is 0 Å². The van der Waals surface area contributed by atoms with Crippen molar-refractivity contribution in [3.05, 3.63) is 83.2 Å². The van der Waals surface area contributed by atoms with Gasteiger partial charge in [0.05, 0.1) is 0 Å². The Morgan fingerprint density at radius 1 is 0.960 bits per heavy atom. The molecule has 0 aliphatic rings. The smallest absolute Gasteiger partial charge is 0.255 e.